The van der Waals surface area contributed by atoms with Gasteiger partial charge >= 0.3 is 0 Å². The summed E-state index contributed by atoms with van der Waals surface area (Å²) in [5, 5.41) is 6.09. The van der Waals surface area contributed by atoms with Gasteiger partial charge in [-0.1, -0.05) is 0 Å². The van der Waals surface area contributed by atoms with Gasteiger partial charge in [-0.3, -0.25) is 9.79 Å². The summed E-state index contributed by atoms with van der Waals surface area (Å²) in [6, 6.07) is 0. The van der Waals surface area contributed by atoms with E-state index in [9.17, 15) is 4.79 Å². The van der Waals surface area contributed by atoms with Gasteiger partial charge in [-0.25, -0.2) is 0 Å². The lowest BCUT2D eigenvalue weighted by atomic mass is 9.93. The van der Waals surface area contributed by atoms with Crippen LogP contribution in [-0.4, -0.2) is 62.7 Å². The Hall–Kier alpha value is -1.30. The molecule has 2 N–H and O–H groups in total. The van der Waals surface area contributed by atoms with Crippen molar-refractivity contribution < 1.29 is 9.53 Å². The Balaban J connectivity index is 2.38. The Bertz CT molecular complexity index is 364. The molecule has 6 heteroatoms. The van der Waals surface area contributed by atoms with Crippen molar-refractivity contribution >= 4 is 11.9 Å². The van der Waals surface area contributed by atoms with Gasteiger partial charge in [0.15, 0.2) is 5.96 Å². The van der Waals surface area contributed by atoms with Crippen LogP contribution in [0, 0.1) is 5.92 Å². The fraction of sp³-hybridized carbons (Fsp3) is 0.882. The smallest absolute Gasteiger partial charge is 0.220 e. The maximum atomic E-state index is 11.5. The minimum Gasteiger partial charge on any atom is -0.379 e. The molecule has 0 aromatic heterocycles. The van der Waals surface area contributed by atoms with Crippen LogP contribution in [0.1, 0.15) is 46.5 Å². The number of piperidine rings is 1. The number of nitrogens with zero attached hydrogens (tertiary/aromatic N) is 2. The first-order valence-electron chi connectivity index (χ1n) is 8.92. The molecule has 0 aromatic rings. The number of hydrogen-bond donors (Lipinski definition) is 2. The first-order valence-corrected chi connectivity index (χ1v) is 8.92. The molecule has 0 radical (unpaired) electrons. The Labute approximate surface area is 141 Å². The molecular weight excluding hydrogens is 292 g/mol. The first kappa shape index (κ1) is 19.7. The van der Waals surface area contributed by atoms with E-state index >= 15 is 0 Å². The van der Waals surface area contributed by atoms with Crippen molar-refractivity contribution in [3.8, 4) is 0 Å². The lowest BCUT2D eigenvalue weighted by molar-refractivity contribution is -0.121. The number of hydrogen-bond acceptors (Lipinski definition) is 3. The lowest BCUT2D eigenvalue weighted by Crippen LogP contribution is -2.46. The highest BCUT2D eigenvalue weighted by Crippen LogP contribution is 2.20. The predicted octanol–water partition coefficient (Wildman–Crippen LogP) is 1.62. The quantitative estimate of drug-likeness (QED) is 0.404. The molecule has 1 aliphatic heterocycles. The highest BCUT2D eigenvalue weighted by molar-refractivity contribution is 5.80. The third kappa shape index (κ3) is 8.21. The molecule has 1 saturated heterocycles. The van der Waals surface area contributed by atoms with Gasteiger partial charge in [-0.2, -0.15) is 0 Å². The number of rotatable bonds is 8. The molecule has 0 saturated carbocycles. The van der Waals surface area contributed by atoms with E-state index in [0.29, 0.717) is 12.3 Å². The van der Waals surface area contributed by atoms with Gasteiger partial charge in [-0.05, 0) is 46.0 Å². The van der Waals surface area contributed by atoms with E-state index < -0.39 is 0 Å². The fourth-order valence-electron chi connectivity index (χ4n) is 2.71. The van der Waals surface area contributed by atoms with Crippen LogP contribution in [0.4, 0.5) is 0 Å². The molecule has 0 bridgehead atoms. The Kier molecular flexibility index (Phi) is 9.67. The summed E-state index contributed by atoms with van der Waals surface area (Å²) in [4.78, 5) is 18.5. The standard InChI is InChI=1S/C17H34N4O2/c1-5-19-17(20-9-6-12-23-14(2)3)21-10-7-15(8-11-21)13-16(22)18-4/h14-15H,5-13H2,1-4H3,(H,18,22)(H,19,20). The topological polar surface area (TPSA) is 66.0 Å². The van der Waals surface area contributed by atoms with E-state index in [1.165, 1.54) is 0 Å². The van der Waals surface area contributed by atoms with Crippen LogP contribution in [-0.2, 0) is 9.53 Å². The third-order valence-electron chi connectivity index (χ3n) is 4.02. The Morgan fingerprint density at radius 3 is 2.61 bits per heavy atom. The van der Waals surface area contributed by atoms with Crippen LogP contribution in [0.15, 0.2) is 4.99 Å². The number of carbonyl (C=O) groups is 1. The molecule has 1 rings (SSSR count). The number of aliphatic imine (C=N–C) groups is 1. The first-order chi connectivity index (χ1) is 11.1. The SMILES string of the molecule is CCNC(=NCCCOC(C)C)N1CCC(CC(=O)NC)CC1. The number of guanidine groups is 1. The number of ether oxygens (including phenoxy) is 1. The summed E-state index contributed by atoms with van der Waals surface area (Å²) >= 11 is 0. The molecule has 0 aromatic carbocycles. The third-order valence-corrected chi connectivity index (χ3v) is 4.02. The highest BCUT2D eigenvalue weighted by Gasteiger charge is 2.22. The van der Waals surface area contributed by atoms with Crippen LogP contribution in [0.2, 0.25) is 0 Å². The van der Waals surface area contributed by atoms with E-state index in [1.807, 2.05) is 0 Å². The predicted molar refractivity (Wildman–Crippen MR) is 94.7 cm³/mol. The number of amides is 1. The molecule has 6 nitrogen and oxygen atoms in total. The monoisotopic (exact) mass is 326 g/mol. The second kappa shape index (κ2) is 11.3. The summed E-state index contributed by atoms with van der Waals surface area (Å²) in [5.41, 5.74) is 0. The van der Waals surface area contributed by atoms with Gasteiger partial charge in [0.2, 0.25) is 5.91 Å². The number of likely N-dealkylation sites (tertiary alicyclic amines) is 1. The van der Waals surface area contributed by atoms with Crippen molar-refractivity contribution in [2.75, 3.05) is 39.8 Å². The molecule has 1 fully saturated rings. The van der Waals surface area contributed by atoms with Crippen LogP contribution in [0.5, 0.6) is 0 Å². The van der Waals surface area contributed by atoms with Crippen molar-refractivity contribution in [2.24, 2.45) is 10.9 Å². The summed E-state index contributed by atoms with van der Waals surface area (Å²) in [6.45, 7) is 10.6. The summed E-state index contributed by atoms with van der Waals surface area (Å²) in [7, 11) is 1.70. The van der Waals surface area contributed by atoms with E-state index in [0.717, 1.165) is 58.0 Å². The number of carbonyl (C=O) groups excluding carboxylic acids is 1. The molecule has 134 valence electrons. The maximum absolute atomic E-state index is 11.5. The second-order valence-electron chi connectivity index (χ2n) is 6.32. The van der Waals surface area contributed by atoms with Crippen molar-refractivity contribution in [2.45, 2.75) is 52.6 Å². The summed E-state index contributed by atoms with van der Waals surface area (Å²) in [6.07, 6.45) is 3.97. The maximum Gasteiger partial charge on any atom is 0.220 e. The van der Waals surface area contributed by atoms with Crippen molar-refractivity contribution in [1.29, 1.82) is 0 Å². The van der Waals surface area contributed by atoms with Crippen molar-refractivity contribution in [1.82, 2.24) is 15.5 Å². The minimum atomic E-state index is 0.147. The van der Waals surface area contributed by atoms with E-state index in [-0.39, 0.29) is 12.0 Å². The molecular formula is C17H34N4O2. The molecule has 1 aliphatic rings. The zero-order valence-electron chi connectivity index (χ0n) is 15.2. The van der Waals surface area contributed by atoms with Crippen molar-refractivity contribution in [3.63, 3.8) is 0 Å². The van der Waals surface area contributed by atoms with Gasteiger partial charge in [0, 0.05) is 46.3 Å². The minimum absolute atomic E-state index is 0.147. The lowest BCUT2D eigenvalue weighted by Gasteiger charge is -2.34. The normalized spacial score (nSPS) is 16.7. The zero-order chi connectivity index (χ0) is 17.1. The van der Waals surface area contributed by atoms with E-state index in [1.54, 1.807) is 7.05 Å². The fourth-order valence-corrected chi connectivity index (χ4v) is 2.71. The zero-order valence-corrected chi connectivity index (χ0v) is 15.2. The van der Waals surface area contributed by atoms with E-state index in [2.05, 4.69) is 36.3 Å². The van der Waals surface area contributed by atoms with Gasteiger partial charge in [0.1, 0.15) is 0 Å². The molecule has 1 amide bonds. The molecule has 1 heterocycles. The summed E-state index contributed by atoms with van der Waals surface area (Å²) in [5.74, 6) is 1.64. The average Bonchev–Trinajstić information content (AvgIpc) is 2.54. The molecule has 0 aliphatic carbocycles. The van der Waals surface area contributed by atoms with Gasteiger partial charge in [-0.15, -0.1) is 0 Å². The Morgan fingerprint density at radius 2 is 2.04 bits per heavy atom. The number of nitrogens with one attached hydrogen (secondary N) is 2. The van der Waals surface area contributed by atoms with Crippen LogP contribution in [0.3, 0.4) is 0 Å². The van der Waals surface area contributed by atoms with Crippen LogP contribution >= 0.6 is 0 Å². The van der Waals surface area contributed by atoms with Gasteiger partial charge in [0.05, 0.1) is 6.10 Å². The molecule has 23 heavy (non-hydrogen) atoms. The van der Waals surface area contributed by atoms with Crippen LogP contribution in [0.25, 0.3) is 0 Å². The van der Waals surface area contributed by atoms with Crippen LogP contribution < -0.4 is 10.6 Å². The highest BCUT2D eigenvalue weighted by atomic mass is 16.5. The van der Waals surface area contributed by atoms with Crippen molar-refractivity contribution in [3.05, 3.63) is 0 Å². The van der Waals surface area contributed by atoms with E-state index in [4.69, 9.17) is 9.73 Å². The van der Waals surface area contributed by atoms with Gasteiger partial charge < -0.3 is 20.3 Å². The van der Waals surface area contributed by atoms with Gasteiger partial charge in [0.25, 0.3) is 0 Å². The molecule has 0 unspecified atom stereocenters. The average molecular weight is 326 g/mol. The second-order valence-corrected chi connectivity index (χ2v) is 6.32. The molecule has 0 atom stereocenters. The summed E-state index contributed by atoms with van der Waals surface area (Å²) < 4.78 is 5.55. The molecule has 0 spiro atoms. The largest absolute Gasteiger partial charge is 0.379 e. The Morgan fingerprint density at radius 1 is 1.35 bits per heavy atom.